The molecule has 0 saturated heterocycles. The fourth-order valence-corrected chi connectivity index (χ4v) is 3.15. The van der Waals surface area contributed by atoms with E-state index in [0.717, 1.165) is 41.3 Å². The van der Waals surface area contributed by atoms with E-state index in [0.29, 0.717) is 25.1 Å². The number of methoxy groups -OCH3 is 1. The lowest BCUT2D eigenvalue weighted by Gasteiger charge is -2.12. The van der Waals surface area contributed by atoms with Crippen LogP contribution in [-0.4, -0.2) is 35.7 Å². The fourth-order valence-electron chi connectivity index (χ4n) is 3.15. The molecule has 3 rings (SSSR count). The van der Waals surface area contributed by atoms with Crippen molar-refractivity contribution in [3.63, 3.8) is 0 Å². The van der Waals surface area contributed by atoms with E-state index < -0.39 is 0 Å². The van der Waals surface area contributed by atoms with Crippen LogP contribution in [0, 0.1) is 0 Å². The van der Waals surface area contributed by atoms with Crippen molar-refractivity contribution in [3.8, 4) is 11.5 Å². The summed E-state index contributed by atoms with van der Waals surface area (Å²) < 4.78 is 13.4. The molecular weight excluding hydrogens is 366 g/mol. The summed E-state index contributed by atoms with van der Waals surface area (Å²) in [7, 11) is 1.64. The number of hydrogen-bond donors (Lipinski definition) is 1. The Labute approximate surface area is 171 Å². The third-order valence-electron chi connectivity index (χ3n) is 4.61. The summed E-state index contributed by atoms with van der Waals surface area (Å²) in [5.41, 5.74) is 2.55. The molecule has 1 amide bonds. The molecule has 0 spiro atoms. The summed E-state index contributed by atoms with van der Waals surface area (Å²) in [5.74, 6) is 2.30. The monoisotopic (exact) mass is 393 g/mol. The second kappa shape index (κ2) is 9.78. The summed E-state index contributed by atoms with van der Waals surface area (Å²) in [4.78, 5) is 16.5. The second-order valence-corrected chi connectivity index (χ2v) is 6.81. The quantitative estimate of drug-likeness (QED) is 0.421. The maximum atomic E-state index is 11.7. The van der Waals surface area contributed by atoms with Crippen LogP contribution in [0.5, 0.6) is 11.5 Å². The highest BCUT2D eigenvalue weighted by atomic mass is 16.5. The molecule has 0 saturated carbocycles. The van der Waals surface area contributed by atoms with Crippen LogP contribution in [0.1, 0.15) is 19.2 Å². The average Bonchev–Trinajstić information content (AvgIpc) is 3.08. The normalized spacial score (nSPS) is 10.7. The molecule has 3 aromatic rings. The third-order valence-corrected chi connectivity index (χ3v) is 4.61. The number of aryl methyl sites for hydroxylation is 1. The van der Waals surface area contributed by atoms with Gasteiger partial charge >= 0.3 is 0 Å². The van der Waals surface area contributed by atoms with E-state index in [2.05, 4.69) is 22.5 Å². The highest BCUT2D eigenvalue weighted by molar-refractivity contribution is 5.92. The Morgan fingerprint density at radius 3 is 2.62 bits per heavy atom. The van der Waals surface area contributed by atoms with Gasteiger partial charge in [-0.25, -0.2) is 4.98 Å². The van der Waals surface area contributed by atoms with Crippen LogP contribution in [0.3, 0.4) is 0 Å². The molecule has 2 aromatic carbocycles. The van der Waals surface area contributed by atoms with Gasteiger partial charge in [-0.1, -0.05) is 30.8 Å². The molecule has 29 heavy (non-hydrogen) atoms. The topological polar surface area (TPSA) is 65.4 Å². The van der Waals surface area contributed by atoms with Crippen LogP contribution in [0.2, 0.25) is 0 Å². The molecule has 0 unspecified atom stereocenters. The van der Waals surface area contributed by atoms with Gasteiger partial charge in [0.05, 0.1) is 24.8 Å². The Morgan fingerprint density at radius 2 is 1.86 bits per heavy atom. The molecule has 6 nitrogen and oxygen atoms in total. The fraction of sp³-hybridized carbons (Fsp3) is 0.304. The summed E-state index contributed by atoms with van der Waals surface area (Å²) in [6.07, 6.45) is 1.48. The first kappa shape index (κ1) is 20.5. The first-order valence-electron chi connectivity index (χ1n) is 9.74. The van der Waals surface area contributed by atoms with Crippen molar-refractivity contribution in [1.29, 1.82) is 0 Å². The first-order valence-corrected chi connectivity index (χ1v) is 9.74. The number of carbonyl (C=O) groups is 1. The highest BCUT2D eigenvalue weighted by Gasteiger charge is 2.11. The number of nitrogens with one attached hydrogen (secondary N) is 1. The zero-order valence-corrected chi connectivity index (χ0v) is 17.0. The number of fused-ring (bicyclic) bond motifs is 1. The van der Waals surface area contributed by atoms with Gasteiger partial charge in [0.25, 0.3) is 0 Å². The maximum absolute atomic E-state index is 11.7. The van der Waals surface area contributed by atoms with Crippen molar-refractivity contribution in [2.45, 2.75) is 26.3 Å². The van der Waals surface area contributed by atoms with Crippen molar-refractivity contribution in [2.24, 2.45) is 0 Å². The zero-order valence-electron chi connectivity index (χ0n) is 17.0. The van der Waals surface area contributed by atoms with Gasteiger partial charge in [-0.2, -0.15) is 0 Å². The average molecular weight is 393 g/mol. The lowest BCUT2D eigenvalue weighted by molar-refractivity contribution is -0.117. The van der Waals surface area contributed by atoms with Crippen LogP contribution in [0.15, 0.2) is 60.7 Å². The van der Waals surface area contributed by atoms with E-state index in [1.165, 1.54) is 0 Å². The number of nitrogens with zero attached hydrogens (tertiary/aromatic N) is 2. The van der Waals surface area contributed by atoms with Crippen LogP contribution in [0.25, 0.3) is 11.0 Å². The number of imidazole rings is 1. The van der Waals surface area contributed by atoms with E-state index in [4.69, 9.17) is 14.5 Å². The van der Waals surface area contributed by atoms with Gasteiger partial charge in [-0.05, 0) is 37.6 Å². The predicted octanol–water partition coefficient (Wildman–Crippen LogP) is 3.75. The summed E-state index contributed by atoms with van der Waals surface area (Å²) in [6, 6.07) is 15.7. The molecule has 1 N–H and O–H groups in total. The SMILES string of the molecule is C=C(C)C(=O)NCCc1nc2ccccc2n1CCCOc1ccccc1OC. The second-order valence-electron chi connectivity index (χ2n) is 6.81. The molecule has 0 bridgehead atoms. The Kier molecular flexibility index (Phi) is 6.89. The minimum Gasteiger partial charge on any atom is -0.493 e. The number of rotatable bonds is 10. The van der Waals surface area contributed by atoms with Crippen molar-refractivity contribution >= 4 is 16.9 Å². The van der Waals surface area contributed by atoms with E-state index >= 15 is 0 Å². The number of para-hydroxylation sites is 4. The lowest BCUT2D eigenvalue weighted by Crippen LogP contribution is -2.26. The Balaban J connectivity index is 1.64. The molecule has 152 valence electrons. The van der Waals surface area contributed by atoms with Crippen LogP contribution < -0.4 is 14.8 Å². The summed E-state index contributed by atoms with van der Waals surface area (Å²) >= 11 is 0. The number of aromatic nitrogens is 2. The molecule has 6 heteroatoms. The molecule has 1 aromatic heterocycles. The Bertz CT molecular complexity index is 994. The molecule has 0 aliphatic rings. The predicted molar refractivity (Wildman–Crippen MR) is 114 cm³/mol. The maximum Gasteiger partial charge on any atom is 0.246 e. The van der Waals surface area contributed by atoms with Gasteiger partial charge in [0, 0.05) is 25.1 Å². The Morgan fingerprint density at radius 1 is 1.14 bits per heavy atom. The minimum absolute atomic E-state index is 0.127. The first-order chi connectivity index (χ1) is 14.1. The van der Waals surface area contributed by atoms with Crippen LogP contribution in [-0.2, 0) is 17.8 Å². The molecule has 0 aliphatic carbocycles. The van der Waals surface area contributed by atoms with Crippen molar-refractivity contribution in [3.05, 3.63) is 66.5 Å². The van der Waals surface area contributed by atoms with Crippen LogP contribution >= 0.6 is 0 Å². The van der Waals surface area contributed by atoms with Gasteiger partial charge < -0.3 is 19.4 Å². The molecule has 0 atom stereocenters. The van der Waals surface area contributed by atoms with Crippen LogP contribution in [0.4, 0.5) is 0 Å². The number of amides is 1. The van der Waals surface area contributed by atoms with E-state index in [1.807, 2.05) is 42.5 Å². The van der Waals surface area contributed by atoms with Crippen molar-refractivity contribution in [2.75, 3.05) is 20.3 Å². The molecule has 0 radical (unpaired) electrons. The standard InChI is InChI=1S/C23H27N3O3/c1-17(2)23(27)24-14-13-22-25-18-9-4-5-10-19(18)26(22)15-8-16-29-21-12-7-6-11-20(21)28-3/h4-7,9-12H,1,8,13-16H2,2-3H3,(H,24,27). The van der Waals surface area contributed by atoms with E-state index in [9.17, 15) is 4.79 Å². The van der Waals surface area contributed by atoms with Gasteiger partial charge in [-0.3, -0.25) is 4.79 Å². The van der Waals surface area contributed by atoms with E-state index in [1.54, 1.807) is 14.0 Å². The molecule has 0 fully saturated rings. The third kappa shape index (κ3) is 5.16. The van der Waals surface area contributed by atoms with Gasteiger partial charge in [0.1, 0.15) is 5.82 Å². The smallest absolute Gasteiger partial charge is 0.246 e. The number of carbonyl (C=O) groups excluding carboxylic acids is 1. The van der Waals surface area contributed by atoms with Gasteiger partial charge in [0.2, 0.25) is 5.91 Å². The van der Waals surface area contributed by atoms with Crippen molar-refractivity contribution in [1.82, 2.24) is 14.9 Å². The highest BCUT2D eigenvalue weighted by Crippen LogP contribution is 2.26. The number of ether oxygens (including phenoxy) is 2. The molecule has 1 heterocycles. The summed E-state index contributed by atoms with van der Waals surface area (Å²) in [6.45, 7) is 7.23. The van der Waals surface area contributed by atoms with Gasteiger partial charge in [-0.15, -0.1) is 0 Å². The molecular formula is C23H27N3O3. The number of benzene rings is 2. The number of hydrogen-bond acceptors (Lipinski definition) is 4. The van der Waals surface area contributed by atoms with E-state index in [-0.39, 0.29) is 5.91 Å². The van der Waals surface area contributed by atoms with Crippen molar-refractivity contribution < 1.29 is 14.3 Å². The minimum atomic E-state index is -0.127. The molecule has 0 aliphatic heterocycles. The largest absolute Gasteiger partial charge is 0.493 e. The lowest BCUT2D eigenvalue weighted by atomic mass is 10.3. The summed E-state index contributed by atoms with van der Waals surface area (Å²) in [5, 5.41) is 2.87. The van der Waals surface area contributed by atoms with Gasteiger partial charge in [0.15, 0.2) is 11.5 Å². The zero-order chi connectivity index (χ0) is 20.6. The Hall–Kier alpha value is -3.28.